The Labute approximate surface area is 115 Å². The molecule has 1 aromatic rings. The molecule has 3 rings (SSSR count). The number of hydrogen-bond donors (Lipinski definition) is 1. The van der Waals surface area contributed by atoms with Crippen LogP contribution in [0.4, 0.5) is 0 Å². The van der Waals surface area contributed by atoms with Gasteiger partial charge in [-0.05, 0) is 31.7 Å². The Bertz CT molecular complexity index is 416. The van der Waals surface area contributed by atoms with Crippen molar-refractivity contribution in [1.82, 2.24) is 25.0 Å². The molecule has 0 bridgehead atoms. The molecule has 3 unspecified atom stereocenters. The smallest absolute Gasteiger partial charge is 0.147 e. The van der Waals surface area contributed by atoms with Gasteiger partial charge in [-0.2, -0.15) is 0 Å². The van der Waals surface area contributed by atoms with Crippen molar-refractivity contribution in [3.8, 4) is 0 Å². The number of nitrogens with zero attached hydrogens (tertiary/aromatic N) is 4. The highest BCUT2D eigenvalue weighted by atomic mass is 15.3. The molecule has 3 atom stereocenters. The lowest BCUT2D eigenvalue weighted by Gasteiger charge is -2.43. The Kier molecular flexibility index (Phi) is 3.84. The molecular formula is C14H25N5. The largest absolute Gasteiger partial charge is 0.315 e. The molecule has 1 aliphatic carbocycles. The van der Waals surface area contributed by atoms with Gasteiger partial charge in [-0.3, -0.25) is 4.90 Å². The average molecular weight is 263 g/mol. The van der Waals surface area contributed by atoms with Crippen LogP contribution in [0.2, 0.25) is 0 Å². The summed E-state index contributed by atoms with van der Waals surface area (Å²) in [5, 5.41) is 12.0. The van der Waals surface area contributed by atoms with E-state index >= 15 is 0 Å². The van der Waals surface area contributed by atoms with Gasteiger partial charge in [-0.25, -0.2) is 0 Å². The first-order valence-electron chi connectivity index (χ1n) is 7.62. The van der Waals surface area contributed by atoms with Gasteiger partial charge < -0.3 is 9.88 Å². The molecule has 5 nitrogen and oxygen atoms in total. The first-order chi connectivity index (χ1) is 9.28. The van der Waals surface area contributed by atoms with Crippen molar-refractivity contribution in [3.63, 3.8) is 0 Å². The second-order valence-corrected chi connectivity index (χ2v) is 6.06. The minimum absolute atomic E-state index is 0.649. The van der Waals surface area contributed by atoms with Crippen molar-refractivity contribution in [2.24, 2.45) is 5.92 Å². The van der Waals surface area contributed by atoms with E-state index in [1.54, 1.807) is 0 Å². The van der Waals surface area contributed by atoms with Crippen molar-refractivity contribution < 1.29 is 0 Å². The molecule has 0 aromatic carbocycles. The Balaban J connectivity index is 1.72. The average Bonchev–Trinajstić information content (AvgIpc) is 2.88. The molecule has 0 radical (unpaired) electrons. The van der Waals surface area contributed by atoms with Crippen LogP contribution in [0.25, 0.3) is 0 Å². The molecule has 2 heterocycles. The third-order valence-corrected chi connectivity index (χ3v) is 4.68. The summed E-state index contributed by atoms with van der Waals surface area (Å²) in [4.78, 5) is 2.62. The molecule has 1 fully saturated rings. The molecule has 19 heavy (non-hydrogen) atoms. The number of likely N-dealkylation sites (N-methyl/N-ethyl adjacent to an activating group) is 1. The van der Waals surface area contributed by atoms with Crippen LogP contribution in [0.5, 0.6) is 0 Å². The molecule has 1 saturated carbocycles. The van der Waals surface area contributed by atoms with Crippen molar-refractivity contribution in [2.45, 2.75) is 58.3 Å². The van der Waals surface area contributed by atoms with Gasteiger partial charge >= 0.3 is 0 Å². The molecule has 1 aliphatic heterocycles. The van der Waals surface area contributed by atoms with E-state index in [9.17, 15) is 0 Å². The van der Waals surface area contributed by atoms with E-state index < -0.39 is 0 Å². The zero-order chi connectivity index (χ0) is 13.2. The SMILES string of the molecule is CCNC1CCC(C)CC1N1CCn2cnnc2C1. The van der Waals surface area contributed by atoms with E-state index in [-0.39, 0.29) is 0 Å². The van der Waals surface area contributed by atoms with Crippen LogP contribution in [0.3, 0.4) is 0 Å². The molecular weight excluding hydrogens is 238 g/mol. The fraction of sp³-hybridized carbons (Fsp3) is 0.857. The summed E-state index contributed by atoms with van der Waals surface area (Å²) in [5.41, 5.74) is 0. The predicted molar refractivity (Wildman–Crippen MR) is 74.7 cm³/mol. The van der Waals surface area contributed by atoms with E-state index in [0.29, 0.717) is 12.1 Å². The standard InChI is InChI=1S/C14H25N5/c1-3-15-12-5-4-11(2)8-13(12)18-6-7-19-10-16-17-14(19)9-18/h10-13,15H,3-9H2,1-2H3. The van der Waals surface area contributed by atoms with Gasteiger partial charge in [-0.15, -0.1) is 10.2 Å². The summed E-state index contributed by atoms with van der Waals surface area (Å²) in [5.74, 6) is 1.97. The second kappa shape index (κ2) is 5.59. The van der Waals surface area contributed by atoms with Crippen molar-refractivity contribution in [3.05, 3.63) is 12.2 Å². The van der Waals surface area contributed by atoms with Gasteiger partial charge in [0.15, 0.2) is 0 Å². The van der Waals surface area contributed by atoms with E-state index in [4.69, 9.17) is 0 Å². The number of nitrogens with one attached hydrogen (secondary N) is 1. The molecule has 0 spiro atoms. The molecule has 106 valence electrons. The predicted octanol–water partition coefficient (Wildman–Crippen LogP) is 1.26. The fourth-order valence-corrected chi connectivity index (χ4v) is 3.62. The van der Waals surface area contributed by atoms with Crippen LogP contribution < -0.4 is 5.32 Å². The van der Waals surface area contributed by atoms with Crippen LogP contribution in [0.15, 0.2) is 6.33 Å². The van der Waals surface area contributed by atoms with E-state index in [1.165, 1.54) is 19.3 Å². The number of fused-ring (bicyclic) bond motifs is 1. The maximum absolute atomic E-state index is 4.24. The highest BCUT2D eigenvalue weighted by molar-refractivity contribution is 4.96. The molecule has 1 N–H and O–H groups in total. The minimum Gasteiger partial charge on any atom is -0.315 e. The highest BCUT2D eigenvalue weighted by Gasteiger charge is 2.34. The molecule has 5 heteroatoms. The Morgan fingerprint density at radius 2 is 2.26 bits per heavy atom. The van der Waals surface area contributed by atoms with E-state index in [2.05, 4.69) is 38.8 Å². The summed E-state index contributed by atoms with van der Waals surface area (Å²) >= 11 is 0. The van der Waals surface area contributed by atoms with Gasteiger partial charge in [0.1, 0.15) is 12.2 Å². The molecule has 0 amide bonds. The Morgan fingerprint density at radius 3 is 3.11 bits per heavy atom. The second-order valence-electron chi connectivity index (χ2n) is 6.06. The number of rotatable bonds is 3. The van der Waals surface area contributed by atoms with E-state index in [0.717, 1.165) is 37.9 Å². The summed E-state index contributed by atoms with van der Waals surface area (Å²) in [6.07, 6.45) is 5.84. The third kappa shape index (κ3) is 2.67. The van der Waals surface area contributed by atoms with Crippen molar-refractivity contribution in [1.29, 1.82) is 0 Å². The van der Waals surface area contributed by atoms with Gasteiger partial charge in [0, 0.05) is 25.2 Å². The maximum Gasteiger partial charge on any atom is 0.147 e. The number of hydrogen-bond acceptors (Lipinski definition) is 4. The van der Waals surface area contributed by atoms with Crippen molar-refractivity contribution >= 4 is 0 Å². The maximum atomic E-state index is 4.24. The highest BCUT2D eigenvalue weighted by Crippen LogP contribution is 2.29. The zero-order valence-corrected chi connectivity index (χ0v) is 12.0. The Morgan fingerprint density at radius 1 is 1.37 bits per heavy atom. The summed E-state index contributed by atoms with van der Waals surface area (Å²) < 4.78 is 2.19. The third-order valence-electron chi connectivity index (χ3n) is 4.68. The fourth-order valence-electron chi connectivity index (χ4n) is 3.62. The lowest BCUT2D eigenvalue weighted by Crippen LogP contribution is -2.54. The minimum atomic E-state index is 0.649. The molecule has 0 saturated heterocycles. The molecule has 2 aliphatic rings. The normalized spacial score (nSPS) is 32.2. The number of aromatic nitrogens is 3. The summed E-state index contributed by atoms with van der Waals surface area (Å²) in [6, 6.07) is 1.31. The zero-order valence-electron chi connectivity index (χ0n) is 12.0. The van der Waals surface area contributed by atoms with Crippen molar-refractivity contribution in [2.75, 3.05) is 13.1 Å². The topological polar surface area (TPSA) is 46.0 Å². The quantitative estimate of drug-likeness (QED) is 0.892. The lowest BCUT2D eigenvalue weighted by atomic mass is 9.82. The van der Waals surface area contributed by atoms with Crippen LogP contribution in [0.1, 0.15) is 38.9 Å². The summed E-state index contributed by atoms with van der Waals surface area (Å²) in [7, 11) is 0. The van der Waals surface area contributed by atoms with Gasteiger partial charge in [0.25, 0.3) is 0 Å². The van der Waals surface area contributed by atoms with Crippen LogP contribution in [-0.2, 0) is 13.1 Å². The van der Waals surface area contributed by atoms with Gasteiger partial charge in [0.05, 0.1) is 6.54 Å². The lowest BCUT2D eigenvalue weighted by molar-refractivity contribution is 0.0765. The monoisotopic (exact) mass is 263 g/mol. The van der Waals surface area contributed by atoms with Gasteiger partial charge in [0.2, 0.25) is 0 Å². The summed E-state index contributed by atoms with van der Waals surface area (Å²) in [6.45, 7) is 8.79. The Hall–Kier alpha value is -0.940. The van der Waals surface area contributed by atoms with Crippen LogP contribution in [0, 0.1) is 5.92 Å². The van der Waals surface area contributed by atoms with E-state index in [1.807, 2.05) is 6.33 Å². The first kappa shape index (κ1) is 13.1. The van der Waals surface area contributed by atoms with Crippen LogP contribution in [-0.4, -0.2) is 44.8 Å². The van der Waals surface area contributed by atoms with Crippen LogP contribution >= 0.6 is 0 Å². The molecule has 1 aromatic heterocycles. The first-order valence-corrected chi connectivity index (χ1v) is 7.62. The van der Waals surface area contributed by atoms with Gasteiger partial charge in [-0.1, -0.05) is 13.8 Å².